The van der Waals surface area contributed by atoms with Crippen LogP contribution in [0.25, 0.3) is 5.69 Å². The molecular weight excluding hydrogens is 309 g/mol. The normalized spacial score (nSPS) is 18.2. The summed E-state index contributed by atoms with van der Waals surface area (Å²) in [6.45, 7) is 5.11. The number of rotatable bonds is 3. The van der Waals surface area contributed by atoms with Crippen molar-refractivity contribution in [2.24, 2.45) is 5.73 Å². The Labute approximate surface area is 140 Å². The van der Waals surface area contributed by atoms with Gasteiger partial charge in [0.1, 0.15) is 11.6 Å². The number of halogens is 1. The predicted molar refractivity (Wildman–Crippen MR) is 88.5 cm³/mol. The number of aromatic nitrogens is 3. The molecule has 0 radical (unpaired) electrons. The van der Waals surface area contributed by atoms with Crippen LogP contribution in [0.15, 0.2) is 24.3 Å². The molecular formula is C17H22FN5O. The Balaban J connectivity index is 1.95. The number of nitrogens with zero attached hydrogens (tertiary/aromatic N) is 4. The number of carbonyl (C=O) groups is 1. The molecule has 6 nitrogen and oxygen atoms in total. The lowest BCUT2D eigenvalue weighted by atomic mass is 10.1. The number of likely N-dealkylation sites (tertiary alicyclic amines) is 1. The Morgan fingerprint density at radius 2 is 2.21 bits per heavy atom. The van der Waals surface area contributed by atoms with Crippen molar-refractivity contribution in [3.05, 3.63) is 41.7 Å². The van der Waals surface area contributed by atoms with Gasteiger partial charge in [-0.3, -0.25) is 4.79 Å². The first-order valence-electron chi connectivity index (χ1n) is 8.23. The molecule has 7 heteroatoms. The van der Waals surface area contributed by atoms with Crippen LogP contribution in [0.3, 0.4) is 0 Å². The zero-order valence-corrected chi connectivity index (χ0v) is 13.9. The highest BCUT2D eigenvalue weighted by molar-refractivity contribution is 5.90. The molecule has 0 aliphatic carbocycles. The molecule has 1 aromatic carbocycles. The van der Waals surface area contributed by atoms with E-state index in [1.54, 1.807) is 21.7 Å². The minimum absolute atomic E-state index is 0.00225. The SMILES string of the molecule is CC(C)c1nc(C(=O)N2CCCC(N)C2)nn1-c1cccc(F)c1. The summed E-state index contributed by atoms with van der Waals surface area (Å²) in [5.74, 6) is 0.239. The highest BCUT2D eigenvalue weighted by Crippen LogP contribution is 2.19. The van der Waals surface area contributed by atoms with Crippen molar-refractivity contribution in [1.82, 2.24) is 19.7 Å². The Kier molecular flexibility index (Phi) is 4.62. The second kappa shape index (κ2) is 6.68. The van der Waals surface area contributed by atoms with Gasteiger partial charge in [-0.1, -0.05) is 19.9 Å². The molecule has 2 N–H and O–H groups in total. The molecule has 1 aliphatic heterocycles. The van der Waals surface area contributed by atoms with Gasteiger partial charge in [-0.05, 0) is 31.0 Å². The number of amides is 1. The lowest BCUT2D eigenvalue weighted by Gasteiger charge is -2.29. The number of piperidine rings is 1. The van der Waals surface area contributed by atoms with Crippen LogP contribution in [-0.4, -0.2) is 44.7 Å². The predicted octanol–water partition coefficient (Wildman–Crippen LogP) is 2.09. The first-order valence-corrected chi connectivity index (χ1v) is 8.23. The summed E-state index contributed by atoms with van der Waals surface area (Å²) in [6, 6.07) is 6.11. The lowest BCUT2D eigenvalue weighted by molar-refractivity contribution is 0.0696. The van der Waals surface area contributed by atoms with Gasteiger partial charge in [0.05, 0.1) is 5.69 Å². The smallest absolute Gasteiger partial charge is 0.293 e. The number of carbonyl (C=O) groups excluding carboxylic acids is 1. The summed E-state index contributed by atoms with van der Waals surface area (Å²) < 4.78 is 15.1. The molecule has 1 aromatic heterocycles. The summed E-state index contributed by atoms with van der Waals surface area (Å²) in [7, 11) is 0. The van der Waals surface area contributed by atoms with Gasteiger partial charge in [-0.2, -0.15) is 0 Å². The lowest BCUT2D eigenvalue weighted by Crippen LogP contribution is -2.46. The molecule has 0 saturated carbocycles. The second-order valence-corrected chi connectivity index (χ2v) is 6.49. The molecule has 128 valence electrons. The molecule has 1 saturated heterocycles. The summed E-state index contributed by atoms with van der Waals surface area (Å²) in [4.78, 5) is 18.8. The Morgan fingerprint density at radius 1 is 1.42 bits per heavy atom. The number of benzene rings is 1. The fraction of sp³-hybridized carbons (Fsp3) is 0.471. The van der Waals surface area contributed by atoms with Crippen molar-refractivity contribution in [3.8, 4) is 5.69 Å². The molecule has 24 heavy (non-hydrogen) atoms. The molecule has 1 unspecified atom stereocenters. The van der Waals surface area contributed by atoms with E-state index in [1.165, 1.54) is 12.1 Å². The number of nitrogens with two attached hydrogens (primary N) is 1. The Bertz CT molecular complexity index is 742. The molecule has 1 aliphatic rings. The van der Waals surface area contributed by atoms with Crippen molar-refractivity contribution in [2.75, 3.05) is 13.1 Å². The molecule has 3 rings (SSSR count). The number of hydrogen-bond acceptors (Lipinski definition) is 4. The van der Waals surface area contributed by atoms with Crippen LogP contribution in [0.1, 0.15) is 49.1 Å². The van der Waals surface area contributed by atoms with Crippen molar-refractivity contribution in [1.29, 1.82) is 0 Å². The molecule has 2 heterocycles. The van der Waals surface area contributed by atoms with Gasteiger partial charge < -0.3 is 10.6 Å². The van der Waals surface area contributed by atoms with Gasteiger partial charge in [-0.15, -0.1) is 5.10 Å². The summed E-state index contributed by atoms with van der Waals surface area (Å²) in [5, 5.41) is 4.35. The fourth-order valence-corrected chi connectivity index (χ4v) is 2.92. The molecule has 1 fully saturated rings. The van der Waals surface area contributed by atoms with Gasteiger partial charge in [0.25, 0.3) is 5.91 Å². The van der Waals surface area contributed by atoms with E-state index >= 15 is 0 Å². The molecule has 1 amide bonds. The van der Waals surface area contributed by atoms with Crippen LogP contribution in [-0.2, 0) is 0 Å². The average Bonchev–Trinajstić information content (AvgIpc) is 2.99. The Morgan fingerprint density at radius 3 is 2.88 bits per heavy atom. The quantitative estimate of drug-likeness (QED) is 0.934. The topological polar surface area (TPSA) is 77.0 Å². The third kappa shape index (κ3) is 3.31. The highest BCUT2D eigenvalue weighted by atomic mass is 19.1. The minimum Gasteiger partial charge on any atom is -0.334 e. The largest absolute Gasteiger partial charge is 0.334 e. The molecule has 2 aromatic rings. The van der Waals surface area contributed by atoms with Gasteiger partial charge >= 0.3 is 0 Å². The van der Waals surface area contributed by atoms with E-state index in [2.05, 4.69) is 10.1 Å². The van der Waals surface area contributed by atoms with Crippen LogP contribution >= 0.6 is 0 Å². The van der Waals surface area contributed by atoms with Crippen molar-refractivity contribution >= 4 is 5.91 Å². The first-order chi connectivity index (χ1) is 11.5. The molecule has 0 bridgehead atoms. The standard InChI is InChI=1S/C17H22FN5O/c1-11(2)16-20-15(17(24)22-8-4-6-13(19)10-22)21-23(16)14-7-3-5-12(18)9-14/h3,5,7,9,11,13H,4,6,8,10,19H2,1-2H3. The fourth-order valence-electron chi connectivity index (χ4n) is 2.92. The van der Waals surface area contributed by atoms with E-state index in [4.69, 9.17) is 5.73 Å². The van der Waals surface area contributed by atoms with Crippen LogP contribution in [0.5, 0.6) is 0 Å². The van der Waals surface area contributed by atoms with Gasteiger partial charge in [-0.25, -0.2) is 14.1 Å². The van der Waals surface area contributed by atoms with Crippen molar-refractivity contribution < 1.29 is 9.18 Å². The van der Waals surface area contributed by atoms with Crippen LogP contribution in [0, 0.1) is 5.82 Å². The summed E-state index contributed by atoms with van der Waals surface area (Å²) in [5.41, 5.74) is 6.51. The van der Waals surface area contributed by atoms with Gasteiger partial charge in [0.15, 0.2) is 0 Å². The van der Waals surface area contributed by atoms with Crippen LogP contribution < -0.4 is 5.73 Å². The number of hydrogen-bond donors (Lipinski definition) is 1. The molecule has 0 spiro atoms. The zero-order valence-electron chi connectivity index (χ0n) is 13.9. The minimum atomic E-state index is -0.354. The maximum Gasteiger partial charge on any atom is 0.293 e. The monoisotopic (exact) mass is 331 g/mol. The van der Waals surface area contributed by atoms with Crippen molar-refractivity contribution in [3.63, 3.8) is 0 Å². The van der Waals surface area contributed by atoms with Crippen LogP contribution in [0.2, 0.25) is 0 Å². The Hall–Kier alpha value is -2.28. The summed E-state index contributed by atoms with van der Waals surface area (Å²) >= 11 is 0. The first kappa shape index (κ1) is 16.6. The third-order valence-electron chi connectivity index (χ3n) is 4.14. The maximum absolute atomic E-state index is 13.5. The highest BCUT2D eigenvalue weighted by Gasteiger charge is 2.27. The van der Waals surface area contributed by atoms with E-state index in [9.17, 15) is 9.18 Å². The van der Waals surface area contributed by atoms with Gasteiger partial charge in [0.2, 0.25) is 5.82 Å². The van der Waals surface area contributed by atoms with E-state index in [-0.39, 0.29) is 29.5 Å². The third-order valence-corrected chi connectivity index (χ3v) is 4.14. The van der Waals surface area contributed by atoms with E-state index in [0.29, 0.717) is 24.6 Å². The van der Waals surface area contributed by atoms with E-state index in [0.717, 1.165) is 12.8 Å². The second-order valence-electron chi connectivity index (χ2n) is 6.49. The summed E-state index contributed by atoms with van der Waals surface area (Å²) in [6.07, 6.45) is 1.81. The van der Waals surface area contributed by atoms with E-state index in [1.807, 2.05) is 13.8 Å². The zero-order chi connectivity index (χ0) is 17.3. The molecule has 1 atom stereocenters. The van der Waals surface area contributed by atoms with Gasteiger partial charge in [0, 0.05) is 25.0 Å². The van der Waals surface area contributed by atoms with E-state index < -0.39 is 0 Å². The maximum atomic E-state index is 13.5. The average molecular weight is 331 g/mol. The van der Waals surface area contributed by atoms with Crippen molar-refractivity contribution in [2.45, 2.75) is 38.6 Å². The van der Waals surface area contributed by atoms with Crippen LogP contribution in [0.4, 0.5) is 4.39 Å².